The number of methoxy groups -OCH3 is 1. The third-order valence-electron chi connectivity index (χ3n) is 3.17. The minimum atomic E-state index is -0.759. The van der Waals surface area contributed by atoms with Crippen LogP contribution in [0.1, 0.15) is 20.7 Å². The number of carbonyl (C=O) groups is 3. The van der Waals surface area contributed by atoms with Crippen LogP contribution in [0.3, 0.4) is 0 Å². The second-order valence-corrected chi connectivity index (χ2v) is 5.33. The van der Waals surface area contributed by atoms with Crippen LogP contribution < -0.4 is 11.1 Å². The fourth-order valence-electron chi connectivity index (χ4n) is 1.99. The van der Waals surface area contributed by atoms with Gasteiger partial charge in [0.25, 0.3) is 5.91 Å². The summed E-state index contributed by atoms with van der Waals surface area (Å²) in [7, 11) is 1.24. The van der Waals surface area contributed by atoms with Gasteiger partial charge in [-0.15, -0.1) is 0 Å². The van der Waals surface area contributed by atoms with Gasteiger partial charge in [-0.05, 0) is 30.3 Å². The summed E-state index contributed by atoms with van der Waals surface area (Å²) in [6.07, 6.45) is 0. The number of carbonyl (C=O) groups excluding carboxylic acids is 3. The van der Waals surface area contributed by atoms with Gasteiger partial charge in [0, 0.05) is 10.7 Å². The number of rotatable bonds is 5. The number of nitrogens with one attached hydrogen (secondary N) is 1. The lowest BCUT2D eigenvalue weighted by Gasteiger charge is -2.10. The topological polar surface area (TPSA) is 108 Å². The molecule has 25 heavy (non-hydrogen) atoms. The van der Waals surface area contributed by atoms with Crippen molar-refractivity contribution < 1.29 is 23.9 Å². The van der Waals surface area contributed by atoms with E-state index >= 15 is 0 Å². The van der Waals surface area contributed by atoms with Crippen LogP contribution in [0.25, 0.3) is 0 Å². The Hall–Kier alpha value is -3.06. The lowest BCUT2D eigenvalue weighted by Crippen LogP contribution is -2.22. The molecule has 2 aromatic rings. The van der Waals surface area contributed by atoms with Gasteiger partial charge < -0.3 is 20.5 Å². The number of para-hydroxylation sites is 1. The molecule has 0 saturated carbocycles. The van der Waals surface area contributed by atoms with Gasteiger partial charge in [-0.1, -0.05) is 23.7 Å². The van der Waals surface area contributed by atoms with Crippen molar-refractivity contribution in [3.05, 3.63) is 58.6 Å². The second kappa shape index (κ2) is 8.16. The Morgan fingerprint density at radius 2 is 1.80 bits per heavy atom. The fraction of sp³-hybridized carbons (Fsp3) is 0.118. The zero-order valence-corrected chi connectivity index (χ0v) is 14.0. The van der Waals surface area contributed by atoms with Crippen molar-refractivity contribution in [2.24, 2.45) is 0 Å². The first kappa shape index (κ1) is 18.3. The number of anilines is 2. The summed E-state index contributed by atoms with van der Waals surface area (Å²) in [5.74, 6) is -1.97. The Labute approximate surface area is 148 Å². The number of halogens is 1. The normalized spacial score (nSPS) is 10.0. The number of ether oxygens (including phenoxy) is 2. The summed E-state index contributed by atoms with van der Waals surface area (Å²) in [4.78, 5) is 35.6. The minimum absolute atomic E-state index is 0.104. The minimum Gasteiger partial charge on any atom is -0.465 e. The lowest BCUT2D eigenvalue weighted by atomic mass is 10.2. The van der Waals surface area contributed by atoms with Crippen LogP contribution in [0.4, 0.5) is 11.4 Å². The molecule has 0 aliphatic heterocycles. The molecule has 0 aliphatic rings. The van der Waals surface area contributed by atoms with Crippen molar-refractivity contribution in [2.45, 2.75) is 0 Å². The highest BCUT2D eigenvalue weighted by Gasteiger charge is 2.16. The van der Waals surface area contributed by atoms with E-state index in [0.717, 1.165) is 0 Å². The number of esters is 2. The molecule has 0 fully saturated rings. The van der Waals surface area contributed by atoms with Gasteiger partial charge in [0.15, 0.2) is 6.61 Å². The van der Waals surface area contributed by atoms with E-state index < -0.39 is 24.5 Å². The fourth-order valence-corrected chi connectivity index (χ4v) is 2.18. The number of hydrogen-bond donors (Lipinski definition) is 2. The highest BCUT2D eigenvalue weighted by atomic mass is 35.5. The van der Waals surface area contributed by atoms with E-state index in [1.807, 2.05) is 0 Å². The van der Waals surface area contributed by atoms with Crippen LogP contribution in [0.5, 0.6) is 0 Å². The summed E-state index contributed by atoms with van der Waals surface area (Å²) < 4.78 is 9.56. The van der Waals surface area contributed by atoms with Gasteiger partial charge in [-0.3, -0.25) is 4.79 Å². The van der Waals surface area contributed by atoms with Crippen LogP contribution in [-0.2, 0) is 14.3 Å². The molecule has 0 spiro atoms. The van der Waals surface area contributed by atoms with E-state index in [-0.39, 0.29) is 22.5 Å². The van der Waals surface area contributed by atoms with E-state index in [1.54, 1.807) is 12.1 Å². The third-order valence-corrected chi connectivity index (χ3v) is 3.41. The Morgan fingerprint density at radius 1 is 1.08 bits per heavy atom. The quantitative estimate of drug-likeness (QED) is 0.625. The van der Waals surface area contributed by atoms with Crippen molar-refractivity contribution in [2.75, 3.05) is 24.8 Å². The molecule has 0 radical (unpaired) electrons. The molecule has 2 rings (SSSR count). The Morgan fingerprint density at radius 3 is 2.48 bits per heavy atom. The molecule has 0 unspecified atom stereocenters. The first-order valence-electron chi connectivity index (χ1n) is 7.11. The zero-order chi connectivity index (χ0) is 18.4. The maximum absolute atomic E-state index is 12.0. The molecule has 7 nitrogen and oxygen atoms in total. The molecular formula is C17H15ClN2O5. The largest absolute Gasteiger partial charge is 0.465 e. The Balaban J connectivity index is 1.99. The first-order valence-corrected chi connectivity index (χ1v) is 7.49. The molecule has 1 amide bonds. The number of nitrogens with two attached hydrogens (primary N) is 1. The average molecular weight is 363 g/mol. The van der Waals surface area contributed by atoms with Gasteiger partial charge in [-0.25, -0.2) is 9.59 Å². The van der Waals surface area contributed by atoms with Crippen molar-refractivity contribution in [1.29, 1.82) is 0 Å². The smallest absolute Gasteiger partial charge is 0.340 e. The molecule has 0 bridgehead atoms. The molecule has 130 valence electrons. The maximum atomic E-state index is 12.0. The summed E-state index contributed by atoms with van der Waals surface area (Å²) in [5.41, 5.74) is 6.37. The molecule has 3 N–H and O–H groups in total. The average Bonchev–Trinajstić information content (AvgIpc) is 2.59. The highest BCUT2D eigenvalue weighted by Crippen LogP contribution is 2.19. The molecule has 0 heterocycles. The van der Waals surface area contributed by atoms with Crippen molar-refractivity contribution in [1.82, 2.24) is 0 Å². The Kier molecular flexibility index (Phi) is 5.97. The highest BCUT2D eigenvalue weighted by molar-refractivity contribution is 6.31. The molecule has 0 aromatic heterocycles. The van der Waals surface area contributed by atoms with Crippen LogP contribution >= 0.6 is 11.6 Å². The summed E-state index contributed by atoms with van der Waals surface area (Å²) in [5, 5.41) is 2.87. The maximum Gasteiger partial charge on any atom is 0.340 e. The Bertz CT molecular complexity index is 822. The third kappa shape index (κ3) is 4.71. The van der Waals surface area contributed by atoms with Crippen LogP contribution in [-0.4, -0.2) is 31.6 Å². The predicted octanol–water partition coefficient (Wildman–Crippen LogP) is 2.50. The lowest BCUT2D eigenvalue weighted by molar-refractivity contribution is -0.119. The van der Waals surface area contributed by atoms with Crippen LogP contribution in [0.2, 0.25) is 5.02 Å². The molecule has 8 heteroatoms. The number of nitrogen functional groups attached to an aromatic ring is 1. The van der Waals surface area contributed by atoms with E-state index in [9.17, 15) is 14.4 Å². The zero-order valence-electron chi connectivity index (χ0n) is 13.2. The van der Waals surface area contributed by atoms with Gasteiger partial charge in [0.1, 0.15) is 0 Å². The van der Waals surface area contributed by atoms with Gasteiger partial charge in [0.05, 0.1) is 23.9 Å². The molecule has 0 aliphatic carbocycles. The molecular weight excluding hydrogens is 348 g/mol. The van der Waals surface area contributed by atoms with E-state index in [2.05, 4.69) is 10.1 Å². The number of amides is 1. The van der Waals surface area contributed by atoms with Gasteiger partial charge >= 0.3 is 11.9 Å². The first-order chi connectivity index (χ1) is 11.9. The molecule has 0 atom stereocenters. The van der Waals surface area contributed by atoms with Crippen molar-refractivity contribution in [3.63, 3.8) is 0 Å². The van der Waals surface area contributed by atoms with E-state index in [1.165, 1.54) is 37.4 Å². The van der Waals surface area contributed by atoms with Gasteiger partial charge in [0.2, 0.25) is 0 Å². The molecule has 0 saturated heterocycles. The van der Waals surface area contributed by atoms with Crippen LogP contribution in [0.15, 0.2) is 42.5 Å². The van der Waals surface area contributed by atoms with Crippen LogP contribution in [0, 0.1) is 0 Å². The van der Waals surface area contributed by atoms with Crippen molar-refractivity contribution >= 4 is 40.8 Å². The monoisotopic (exact) mass is 362 g/mol. The molecule has 2 aromatic carbocycles. The number of benzene rings is 2. The van der Waals surface area contributed by atoms with Gasteiger partial charge in [-0.2, -0.15) is 0 Å². The summed E-state index contributed by atoms with van der Waals surface area (Å²) in [6, 6.07) is 10.6. The van der Waals surface area contributed by atoms with Crippen molar-refractivity contribution in [3.8, 4) is 0 Å². The summed E-state index contributed by atoms with van der Waals surface area (Å²) >= 11 is 5.76. The van der Waals surface area contributed by atoms with E-state index in [0.29, 0.717) is 5.02 Å². The summed E-state index contributed by atoms with van der Waals surface area (Å²) in [6.45, 7) is -0.545. The van der Waals surface area contributed by atoms with E-state index in [4.69, 9.17) is 22.1 Å². The predicted molar refractivity (Wildman–Crippen MR) is 92.6 cm³/mol. The number of hydrogen-bond acceptors (Lipinski definition) is 6. The second-order valence-electron chi connectivity index (χ2n) is 4.89. The standard InChI is InChI=1S/C17H15ClN2O5/c1-24-16(22)12-4-2-3-5-14(12)20-15(21)9-25-17(23)11-7-6-10(18)8-13(11)19/h2-8H,9,19H2,1H3,(H,20,21). The SMILES string of the molecule is COC(=O)c1ccccc1NC(=O)COC(=O)c1ccc(Cl)cc1N.